The van der Waals surface area contributed by atoms with Crippen LogP contribution in [0.3, 0.4) is 0 Å². The third-order valence-corrected chi connectivity index (χ3v) is 6.28. The number of para-hydroxylation sites is 2. The first-order valence-electron chi connectivity index (χ1n) is 10.9. The maximum absolute atomic E-state index is 12.7. The van der Waals surface area contributed by atoms with E-state index in [0.717, 1.165) is 35.3 Å². The molecule has 2 fully saturated rings. The van der Waals surface area contributed by atoms with Gasteiger partial charge in [-0.2, -0.15) is 0 Å². The fourth-order valence-electron chi connectivity index (χ4n) is 4.55. The van der Waals surface area contributed by atoms with Crippen molar-refractivity contribution in [3.05, 3.63) is 66.0 Å². The predicted molar refractivity (Wildman–Crippen MR) is 116 cm³/mol. The summed E-state index contributed by atoms with van der Waals surface area (Å²) in [6.45, 7) is 1.92. The van der Waals surface area contributed by atoms with Gasteiger partial charge < -0.3 is 19.5 Å². The highest BCUT2D eigenvalue weighted by Crippen LogP contribution is 2.30. The molecule has 3 heterocycles. The van der Waals surface area contributed by atoms with Crippen LogP contribution in [0, 0.1) is 0 Å². The highest BCUT2D eigenvalue weighted by molar-refractivity contribution is 5.77. The standard InChI is InChI=1S/C24H26N4O3/c29-23(11-10-22-25-19-8-4-5-9-20(19)26-22)27-14-12-18(13-15-27)28-16-21(31-24(28)30)17-6-2-1-3-7-17/h1-9,18,21H,10-16H2,(H,25,26). The van der Waals surface area contributed by atoms with E-state index in [0.29, 0.717) is 32.5 Å². The van der Waals surface area contributed by atoms with E-state index >= 15 is 0 Å². The molecule has 0 spiro atoms. The summed E-state index contributed by atoms with van der Waals surface area (Å²) < 4.78 is 5.60. The number of piperidine rings is 1. The number of imidazole rings is 1. The Morgan fingerprint density at radius 3 is 2.58 bits per heavy atom. The summed E-state index contributed by atoms with van der Waals surface area (Å²) in [6.07, 6.45) is 2.15. The first-order chi connectivity index (χ1) is 15.2. The number of nitrogens with zero attached hydrogens (tertiary/aromatic N) is 3. The molecule has 2 amide bonds. The Bertz CT molecular complexity index is 1040. The lowest BCUT2D eigenvalue weighted by molar-refractivity contribution is -0.132. The second kappa shape index (κ2) is 8.41. The van der Waals surface area contributed by atoms with Crippen LogP contribution in [0.15, 0.2) is 54.6 Å². The largest absolute Gasteiger partial charge is 0.439 e. The maximum atomic E-state index is 12.7. The number of aryl methyl sites for hydroxylation is 1. The summed E-state index contributed by atoms with van der Waals surface area (Å²) in [5.41, 5.74) is 2.95. The maximum Gasteiger partial charge on any atom is 0.410 e. The van der Waals surface area contributed by atoms with Crippen molar-refractivity contribution in [2.45, 2.75) is 37.8 Å². The molecule has 2 aliphatic rings. The number of aromatic amines is 1. The van der Waals surface area contributed by atoms with Gasteiger partial charge in [-0.1, -0.05) is 42.5 Å². The van der Waals surface area contributed by atoms with Gasteiger partial charge in [0.1, 0.15) is 11.9 Å². The third kappa shape index (κ3) is 4.13. The van der Waals surface area contributed by atoms with Gasteiger partial charge in [0.25, 0.3) is 0 Å². The lowest BCUT2D eigenvalue weighted by atomic mass is 10.0. The Morgan fingerprint density at radius 1 is 1.06 bits per heavy atom. The van der Waals surface area contributed by atoms with Gasteiger partial charge in [0, 0.05) is 32.0 Å². The summed E-state index contributed by atoms with van der Waals surface area (Å²) in [5.74, 6) is 0.987. The fourth-order valence-corrected chi connectivity index (χ4v) is 4.55. The molecule has 1 atom stereocenters. The van der Waals surface area contributed by atoms with Crippen molar-refractivity contribution in [1.29, 1.82) is 0 Å². The highest BCUT2D eigenvalue weighted by atomic mass is 16.6. The van der Waals surface area contributed by atoms with Gasteiger partial charge in [-0.3, -0.25) is 4.79 Å². The number of rotatable bonds is 5. The number of hydrogen-bond acceptors (Lipinski definition) is 4. The van der Waals surface area contributed by atoms with Gasteiger partial charge in [-0.15, -0.1) is 0 Å². The van der Waals surface area contributed by atoms with Crippen LogP contribution in [0.1, 0.15) is 36.8 Å². The number of H-pyrrole nitrogens is 1. The zero-order valence-electron chi connectivity index (χ0n) is 17.4. The summed E-state index contributed by atoms with van der Waals surface area (Å²) >= 11 is 0. The topological polar surface area (TPSA) is 78.5 Å². The summed E-state index contributed by atoms with van der Waals surface area (Å²) in [7, 11) is 0. The zero-order chi connectivity index (χ0) is 21.2. The molecule has 2 aliphatic heterocycles. The third-order valence-electron chi connectivity index (χ3n) is 6.28. The molecule has 1 N–H and O–H groups in total. The molecule has 1 aromatic heterocycles. The number of carbonyl (C=O) groups excluding carboxylic acids is 2. The number of carbonyl (C=O) groups is 2. The van der Waals surface area contributed by atoms with Gasteiger partial charge in [0.15, 0.2) is 0 Å². The number of amides is 2. The van der Waals surface area contributed by atoms with Crippen molar-refractivity contribution in [3.63, 3.8) is 0 Å². The number of likely N-dealkylation sites (tertiary alicyclic amines) is 1. The molecular weight excluding hydrogens is 392 g/mol. The van der Waals surface area contributed by atoms with Gasteiger partial charge in [0.2, 0.25) is 5.91 Å². The molecule has 0 radical (unpaired) electrons. The van der Waals surface area contributed by atoms with Crippen LogP contribution in [0.5, 0.6) is 0 Å². The van der Waals surface area contributed by atoms with Gasteiger partial charge in [-0.25, -0.2) is 9.78 Å². The second-order valence-corrected chi connectivity index (χ2v) is 8.25. The Hall–Kier alpha value is -3.35. The normalized spacial score (nSPS) is 19.7. The molecule has 0 aliphatic carbocycles. The zero-order valence-corrected chi connectivity index (χ0v) is 17.4. The first-order valence-corrected chi connectivity index (χ1v) is 10.9. The van der Waals surface area contributed by atoms with Crippen LogP contribution in [0.2, 0.25) is 0 Å². The lowest BCUT2D eigenvalue weighted by Crippen LogP contribution is -2.47. The van der Waals surface area contributed by atoms with E-state index in [1.807, 2.05) is 64.4 Å². The first kappa shape index (κ1) is 19.6. The van der Waals surface area contributed by atoms with Crippen molar-refractivity contribution in [3.8, 4) is 0 Å². The van der Waals surface area contributed by atoms with Gasteiger partial charge in [-0.05, 0) is 30.5 Å². The molecule has 31 heavy (non-hydrogen) atoms. The monoisotopic (exact) mass is 418 g/mol. The Labute approximate surface area is 181 Å². The number of aromatic nitrogens is 2. The number of ether oxygens (including phenoxy) is 1. The quantitative estimate of drug-likeness (QED) is 0.686. The second-order valence-electron chi connectivity index (χ2n) is 8.25. The number of nitrogens with one attached hydrogen (secondary N) is 1. The van der Waals surface area contributed by atoms with Crippen LogP contribution in [-0.2, 0) is 16.0 Å². The minimum atomic E-state index is -0.247. The van der Waals surface area contributed by atoms with Crippen molar-refractivity contribution in [2.75, 3.05) is 19.6 Å². The molecule has 160 valence electrons. The molecule has 7 nitrogen and oxygen atoms in total. The van der Waals surface area contributed by atoms with E-state index in [9.17, 15) is 9.59 Å². The molecule has 7 heteroatoms. The van der Waals surface area contributed by atoms with Crippen molar-refractivity contribution in [2.24, 2.45) is 0 Å². The smallest absolute Gasteiger partial charge is 0.410 e. The number of fused-ring (bicyclic) bond motifs is 1. The summed E-state index contributed by atoms with van der Waals surface area (Å²) in [4.78, 5) is 36.7. The van der Waals surface area contributed by atoms with E-state index < -0.39 is 0 Å². The molecule has 2 saturated heterocycles. The van der Waals surface area contributed by atoms with E-state index in [4.69, 9.17) is 4.74 Å². The van der Waals surface area contributed by atoms with Gasteiger partial charge >= 0.3 is 6.09 Å². The van der Waals surface area contributed by atoms with Crippen molar-refractivity contribution in [1.82, 2.24) is 19.8 Å². The SMILES string of the molecule is O=C(CCc1nc2ccccc2[nH]1)N1CCC(N2CC(c3ccccc3)OC2=O)CC1. The van der Waals surface area contributed by atoms with Crippen molar-refractivity contribution >= 4 is 23.0 Å². The van der Waals surface area contributed by atoms with Gasteiger partial charge in [0.05, 0.1) is 17.6 Å². The van der Waals surface area contributed by atoms with Crippen LogP contribution in [0.25, 0.3) is 11.0 Å². The Morgan fingerprint density at radius 2 is 1.81 bits per heavy atom. The molecule has 1 unspecified atom stereocenters. The minimum Gasteiger partial charge on any atom is -0.439 e. The van der Waals surface area contributed by atoms with E-state index in [2.05, 4.69) is 9.97 Å². The molecule has 5 rings (SSSR count). The number of hydrogen-bond donors (Lipinski definition) is 1. The van der Waals surface area contributed by atoms with Crippen LogP contribution in [-0.4, -0.2) is 57.4 Å². The van der Waals surface area contributed by atoms with Crippen molar-refractivity contribution < 1.29 is 14.3 Å². The average molecular weight is 418 g/mol. The average Bonchev–Trinajstić information content (AvgIpc) is 3.41. The molecular formula is C24H26N4O3. The summed E-state index contributed by atoms with van der Waals surface area (Å²) in [6, 6.07) is 17.9. The molecule has 3 aromatic rings. The molecule has 0 saturated carbocycles. The van der Waals surface area contributed by atoms with E-state index in [1.165, 1.54) is 0 Å². The Kier molecular flexibility index (Phi) is 5.32. The van der Waals surface area contributed by atoms with Crippen LogP contribution < -0.4 is 0 Å². The lowest BCUT2D eigenvalue weighted by Gasteiger charge is -2.35. The number of cyclic esters (lactones) is 1. The number of benzene rings is 2. The van der Waals surface area contributed by atoms with E-state index in [1.54, 1.807) is 0 Å². The molecule has 2 aromatic carbocycles. The predicted octanol–water partition coefficient (Wildman–Crippen LogP) is 3.68. The Balaban J connectivity index is 1.12. The van der Waals surface area contributed by atoms with E-state index in [-0.39, 0.29) is 24.1 Å². The summed E-state index contributed by atoms with van der Waals surface area (Å²) in [5, 5.41) is 0. The minimum absolute atomic E-state index is 0.126. The van der Waals surface area contributed by atoms with Crippen LogP contribution in [0.4, 0.5) is 4.79 Å². The fraction of sp³-hybridized carbons (Fsp3) is 0.375. The molecule has 0 bridgehead atoms. The highest BCUT2D eigenvalue weighted by Gasteiger charge is 2.38. The van der Waals surface area contributed by atoms with Crippen LogP contribution >= 0.6 is 0 Å².